The van der Waals surface area contributed by atoms with E-state index < -0.39 is 0 Å². The van der Waals surface area contributed by atoms with E-state index in [1.54, 1.807) is 11.3 Å². The number of thiazole rings is 1. The van der Waals surface area contributed by atoms with Crippen molar-refractivity contribution in [1.82, 2.24) is 4.98 Å². The maximum atomic E-state index is 5.94. The smallest absolute Gasteiger partial charge is 0.162 e. The molecule has 0 spiro atoms. The summed E-state index contributed by atoms with van der Waals surface area (Å²) in [6, 6.07) is 12.3. The number of furan rings is 1. The molecule has 1 unspecified atom stereocenters. The van der Waals surface area contributed by atoms with Crippen LogP contribution in [0.15, 0.2) is 40.8 Å². The SMILES string of the molecule is CCC(N)Cc1ccc(-c2nc3ccccc3s2)o1.Cl. The van der Waals surface area contributed by atoms with Crippen LogP contribution in [0.5, 0.6) is 0 Å². The van der Waals surface area contributed by atoms with Gasteiger partial charge in [0.2, 0.25) is 0 Å². The van der Waals surface area contributed by atoms with Crippen LogP contribution in [0, 0.1) is 0 Å². The second-order valence-electron chi connectivity index (χ2n) is 4.63. The largest absolute Gasteiger partial charge is 0.459 e. The second kappa shape index (κ2) is 6.39. The van der Waals surface area contributed by atoms with Crippen LogP contribution in [-0.2, 0) is 6.42 Å². The van der Waals surface area contributed by atoms with Crippen LogP contribution in [0.3, 0.4) is 0 Å². The van der Waals surface area contributed by atoms with Crippen molar-refractivity contribution in [3.05, 3.63) is 42.2 Å². The molecule has 2 aromatic heterocycles. The minimum Gasteiger partial charge on any atom is -0.459 e. The summed E-state index contributed by atoms with van der Waals surface area (Å²) in [7, 11) is 0. The predicted octanol–water partition coefficient (Wildman–Crippen LogP) is 4.26. The third-order valence-electron chi connectivity index (χ3n) is 3.15. The molecule has 2 heterocycles. The fourth-order valence-corrected chi connectivity index (χ4v) is 2.91. The zero-order valence-corrected chi connectivity index (χ0v) is 12.8. The number of hydrogen-bond acceptors (Lipinski definition) is 4. The third kappa shape index (κ3) is 3.03. The van der Waals surface area contributed by atoms with Crippen LogP contribution in [0.1, 0.15) is 19.1 Å². The van der Waals surface area contributed by atoms with E-state index in [4.69, 9.17) is 10.2 Å². The Morgan fingerprint density at radius 3 is 2.80 bits per heavy atom. The molecule has 0 aliphatic carbocycles. The monoisotopic (exact) mass is 308 g/mol. The molecule has 106 valence electrons. The molecule has 3 aromatic rings. The average molecular weight is 309 g/mol. The van der Waals surface area contributed by atoms with Gasteiger partial charge in [-0.1, -0.05) is 19.1 Å². The molecule has 2 N–H and O–H groups in total. The molecule has 3 nitrogen and oxygen atoms in total. The lowest BCUT2D eigenvalue weighted by Gasteiger charge is -2.04. The molecule has 0 saturated carbocycles. The fourth-order valence-electron chi connectivity index (χ4n) is 1.98. The number of aromatic nitrogens is 1. The number of benzene rings is 1. The Kier molecular flexibility index (Phi) is 4.81. The summed E-state index contributed by atoms with van der Waals surface area (Å²) in [6.45, 7) is 2.09. The van der Waals surface area contributed by atoms with Crippen LogP contribution in [0.2, 0.25) is 0 Å². The standard InChI is InChI=1S/C15H16N2OS.ClH/c1-2-10(16)9-11-7-8-13(18-11)15-17-12-5-3-4-6-14(12)19-15;/h3-8,10H,2,9,16H2,1H3;1H. The van der Waals surface area contributed by atoms with Crippen molar-refractivity contribution >= 4 is 34.0 Å². The molecule has 1 aromatic carbocycles. The first-order valence-electron chi connectivity index (χ1n) is 6.46. The molecule has 20 heavy (non-hydrogen) atoms. The van der Waals surface area contributed by atoms with Gasteiger partial charge in [0, 0.05) is 12.5 Å². The van der Waals surface area contributed by atoms with Gasteiger partial charge in [0.15, 0.2) is 10.8 Å². The Bertz CT molecular complexity index is 659. The molecule has 1 atom stereocenters. The average Bonchev–Trinajstić information content (AvgIpc) is 3.04. The maximum Gasteiger partial charge on any atom is 0.162 e. The van der Waals surface area contributed by atoms with E-state index in [0.717, 1.165) is 34.9 Å². The van der Waals surface area contributed by atoms with Crippen molar-refractivity contribution in [1.29, 1.82) is 0 Å². The highest BCUT2D eigenvalue weighted by molar-refractivity contribution is 7.21. The number of nitrogens with two attached hydrogens (primary N) is 1. The summed E-state index contributed by atoms with van der Waals surface area (Å²) in [6.07, 6.45) is 1.73. The number of para-hydroxylation sites is 1. The van der Waals surface area contributed by atoms with Gasteiger partial charge in [-0.2, -0.15) is 0 Å². The second-order valence-corrected chi connectivity index (χ2v) is 5.66. The van der Waals surface area contributed by atoms with Crippen molar-refractivity contribution in [3.63, 3.8) is 0 Å². The van der Waals surface area contributed by atoms with Crippen molar-refractivity contribution in [2.45, 2.75) is 25.8 Å². The molecule has 0 amide bonds. The lowest BCUT2D eigenvalue weighted by molar-refractivity contribution is 0.489. The topological polar surface area (TPSA) is 52.0 Å². The molecule has 3 rings (SSSR count). The van der Waals surface area contributed by atoms with E-state index in [2.05, 4.69) is 18.0 Å². The summed E-state index contributed by atoms with van der Waals surface area (Å²) >= 11 is 1.65. The molecule has 0 fully saturated rings. The first-order chi connectivity index (χ1) is 9.26. The van der Waals surface area contributed by atoms with Crippen molar-refractivity contribution < 1.29 is 4.42 Å². The highest BCUT2D eigenvalue weighted by Crippen LogP contribution is 2.31. The quantitative estimate of drug-likeness (QED) is 0.783. The van der Waals surface area contributed by atoms with Gasteiger partial charge in [-0.3, -0.25) is 0 Å². The summed E-state index contributed by atoms with van der Waals surface area (Å²) in [5.41, 5.74) is 6.96. The highest BCUT2D eigenvalue weighted by Gasteiger charge is 2.11. The summed E-state index contributed by atoms with van der Waals surface area (Å²) in [5.74, 6) is 1.77. The minimum atomic E-state index is 0. The lowest BCUT2D eigenvalue weighted by Crippen LogP contribution is -2.20. The van der Waals surface area contributed by atoms with Crippen LogP contribution in [-0.4, -0.2) is 11.0 Å². The van der Waals surface area contributed by atoms with Crippen LogP contribution < -0.4 is 5.73 Å². The van der Waals surface area contributed by atoms with Gasteiger partial charge >= 0.3 is 0 Å². The predicted molar refractivity (Wildman–Crippen MR) is 86.5 cm³/mol. The molecule has 0 aliphatic heterocycles. The van der Waals surface area contributed by atoms with Crippen LogP contribution >= 0.6 is 23.7 Å². The van der Waals surface area contributed by atoms with Crippen molar-refractivity contribution in [2.75, 3.05) is 0 Å². The third-order valence-corrected chi connectivity index (χ3v) is 4.21. The first-order valence-corrected chi connectivity index (χ1v) is 7.28. The van der Waals surface area contributed by atoms with E-state index in [-0.39, 0.29) is 18.4 Å². The summed E-state index contributed by atoms with van der Waals surface area (Å²) in [5, 5.41) is 0.928. The zero-order valence-electron chi connectivity index (χ0n) is 11.2. The number of rotatable bonds is 4. The molecule has 0 aliphatic rings. The van der Waals surface area contributed by atoms with E-state index in [0.29, 0.717) is 0 Å². The Balaban J connectivity index is 0.00000147. The number of fused-ring (bicyclic) bond motifs is 1. The van der Waals surface area contributed by atoms with Gasteiger partial charge < -0.3 is 10.2 Å². The molecular formula is C15H17ClN2OS. The van der Waals surface area contributed by atoms with E-state index in [1.807, 2.05) is 30.3 Å². The maximum absolute atomic E-state index is 5.94. The van der Waals surface area contributed by atoms with Crippen molar-refractivity contribution in [2.24, 2.45) is 5.73 Å². The Hall–Kier alpha value is -1.36. The Labute approximate surface area is 128 Å². The van der Waals surface area contributed by atoms with Crippen LogP contribution in [0.4, 0.5) is 0 Å². The Morgan fingerprint density at radius 2 is 2.05 bits per heavy atom. The van der Waals surface area contributed by atoms with Gasteiger partial charge in [-0.25, -0.2) is 4.98 Å². The van der Waals surface area contributed by atoms with Gasteiger partial charge in [-0.05, 0) is 30.7 Å². The lowest BCUT2D eigenvalue weighted by atomic mass is 10.1. The van der Waals surface area contributed by atoms with Gasteiger partial charge in [0.25, 0.3) is 0 Å². The summed E-state index contributed by atoms with van der Waals surface area (Å²) < 4.78 is 7.02. The van der Waals surface area contributed by atoms with Gasteiger partial charge in [0.1, 0.15) is 5.76 Å². The normalized spacial score (nSPS) is 12.3. The van der Waals surface area contributed by atoms with E-state index >= 15 is 0 Å². The summed E-state index contributed by atoms with van der Waals surface area (Å²) in [4.78, 5) is 4.59. The first kappa shape index (κ1) is 15.0. The van der Waals surface area contributed by atoms with Gasteiger partial charge in [-0.15, -0.1) is 23.7 Å². The molecule has 5 heteroatoms. The van der Waals surface area contributed by atoms with Gasteiger partial charge in [0.05, 0.1) is 10.2 Å². The fraction of sp³-hybridized carbons (Fsp3) is 0.267. The molecular weight excluding hydrogens is 292 g/mol. The molecule has 0 bridgehead atoms. The van der Waals surface area contributed by atoms with E-state index in [9.17, 15) is 0 Å². The number of nitrogens with zero attached hydrogens (tertiary/aromatic N) is 1. The molecule has 0 radical (unpaired) electrons. The minimum absolute atomic E-state index is 0. The number of halogens is 1. The van der Waals surface area contributed by atoms with E-state index in [1.165, 1.54) is 4.70 Å². The molecule has 0 saturated heterocycles. The Morgan fingerprint density at radius 1 is 1.25 bits per heavy atom. The number of hydrogen-bond donors (Lipinski definition) is 1. The highest BCUT2D eigenvalue weighted by atomic mass is 35.5. The zero-order chi connectivity index (χ0) is 13.2. The van der Waals surface area contributed by atoms with Crippen LogP contribution in [0.25, 0.3) is 21.0 Å². The van der Waals surface area contributed by atoms with Crippen molar-refractivity contribution in [3.8, 4) is 10.8 Å².